The van der Waals surface area contributed by atoms with Crippen molar-refractivity contribution in [3.05, 3.63) is 132 Å². The average molecular weight is 452 g/mol. The molecular formula is C32H25N3. The third-order valence-corrected chi connectivity index (χ3v) is 7.12. The average Bonchev–Trinajstić information content (AvgIpc) is 3.27. The van der Waals surface area contributed by atoms with Crippen LogP contribution in [0, 0.1) is 0 Å². The van der Waals surface area contributed by atoms with Crippen LogP contribution in [0.15, 0.2) is 132 Å². The Morgan fingerprint density at radius 3 is 2.31 bits per heavy atom. The number of nitrogens with one attached hydrogen (secondary N) is 1. The SMILES string of the molecule is C1=CC2=C(CC1)NC(n1c3ccccc3c3cc(-c4ccccc4)ccc31)=NC2c1ccccc1. The molecule has 7 rings (SSSR count). The van der Waals surface area contributed by atoms with Crippen molar-refractivity contribution >= 4 is 27.8 Å². The second-order valence-corrected chi connectivity index (χ2v) is 9.22. The standard InChI is InChI=1S/C32H25N3/c1-3-11-22(12-4-1)24-19-20-30-27(21-24)25-15-8-10-18-29(25)35(30)32-33-28-17-9-7-16-26(28)31(34-32)23-13-5-2-6-14-23/h1-8,10-16,18-21,31H,9,17H2,(H,33,34). The number of hydrogen-bond donors (Lipinski definition) is 1. The summed E-state index contributed by atoms with van der Waals surface area (Å²) in [4.78, 5) is 5.32. The normalized spacial score (nSPS) is 17.4. The minimum Gasteiger partial charge on any atom is -0.329 e. The quantitative estimate of drug-likeness (QED) is 0.294. The van der Waals surface area contributed by atoms with Gasteiger partial charge in [0.2, 0.25) is 5.96 Å². The molecule has 0 spiro atoms. The van der Waals surface area contributed by atoms with Crippen molar-refractivity contribution < 1.29 is 0 Å². The van der Waals surface area contributed by atoms with Crippen LogP contribution in [0.4, 0.5) is 0 Å². The minimum absolute atomic E-state index is 0.0150. The summed E-state index contributed by atoms with van der Waals surface area (Å²) in [7, 11) is 0. The number of para-hydroxylation sites is 1. The van der Waals surface area contributed by atoms with E-state index in [9.17, 15) is 0 Å². The maximum Gasteiger partial charge on any atom is 0.208 e. The molecule has 3 nitrogen and oxygen atoms in total. The van der Waals surface area contributed by atoms with Gasteiger partial charge in [-0.1, -0.05) is 97.1 Å². The van der Waals surface area contributed by atoms with Crippen LogP contribution in [0.25, 0.3) is 32.9 Å². The van der Waals surface area contributed by atoms with Gasteiger partial charge in [-0.2, -0.15) is 0 Å². The van der Waals surface area contributed by atoms with Crippen molar-refractivity contribution in [3.63, 3.8) is 0 Å². The van der Waals surface area contributed by atoms with E-state index >= 15 is 0 Å². The molecule has 0 radical (unpaired) electrons. The van der Waals surface area contributed by atoms with E-state index in [1.807, 2.05) is 0 Å². The molecule has 4 aromatic carbocycles. The summed E-state index contributed by atoms with van der Waals surface area (Å²) >= 11 is 0. The number of rotatable bonds is 2. The fraction of sp³-hybridized carbons (Fsp3) is 0.0938. The number of benzene rings is 4. The van der Waals surface area contributed by atoms with E-state index in [1.54, 1.807) is 0 Å². The molecule has 2 heterocycles. The Morgan fingerprint density at radius 1 is 0.714 bits per heavy atom. The molecule has 0 saturated heterocycles. The number of fused-ring (bicyclic) bond motifs is 3. The maximum atomic E-state index is 5.32. The summed E-state index contributed by atoms with van der Waals surface area (Å²) in [6.07, 6.45) is 6.57. The lowest BCUT2D eigenvalue weighted by atomic mass is 9.91. The number of aliphatic imine (C=N–C) groups is 1. The van der Waals surface area contributed by atoms with E-state index in [1.165, 1.54) is 49.8 Å². The second kappa shape index (κ2) is 8.14. The first-order chi connectivity index (χ1) is 17.4. The van der Waals surface area contributed by atoms with E-state index in [-0.39, 0.29) is 6.04 Å². The molecule has 168 valence electrons. The molecule has 2 aliphatic rings. The zero-order valence-corrected chi connectivity index (χ0v) is 19.4. The zero-order valence-electron chi connectivity index (χ0n) is 19.4. The van der Waals surface area contributed by atoms with Crippen LogP contribution >= 0.6 is 0 Å². The smallest absolute Gasteiger partial charge is 0.208 e. The van der Waals surface area contributed by atoms with Gasteiger partial charge < -0.3 is 5.32 Å². The summed E-state index contributed by atoms with van der Waals surface area (Å²) in [5, 5.41) is 6.21. The first-order valence-electron chi connectivity index (χ1n) is 12.3. The van der Waals surface area contributed by atoms with Crippen LogP contribution in [0.5, 0.6) is 0 Å². The number of allylic oxidation sites excluding steroid dienone is 2. The van der Waals surface area contributed by atoms with Gasteiger partial charge in [-0.15, -0.1) is 0 Å². The summed E-state index contributed by atoms with van der Waals surface area (Å²) in [6, 6.07) is 36.6. The van der Waals surface area contributed by atoms with Crippen LogP contribution in [0.2, 0.25) is 0 Å². The number of aromatic nitrogens is 1. The molecule has 0 amide bonds. The lowest BCUT2D eigenvalue weighted by molar-refractivity contribution is 0.736. The molecule has 1 aromatic heterocycles. The molecule has 1 N–H and O–H groups in total. The Balaban J connectivity index is 1.45. The molecular weight excluding hydrogens is 426 g/mol. The first kappa shape index (κ1) is 20.0. The Morgan fingerprint density at radius 2 is 1.46 bits per heavy atom. The van der Waals surface area contributed by atoms with Crippen LogP contribution in [-0.4, -0.2) is 10.5 Å². The fourth-order valence-corrected chi connectivity index (χ4v) is 5.45. The lowest BCUT2D eigenvalue weighted by Gasteiger charge is -2.29. The molecule has 0 bridgehead atoms. The summed E-state index contributed by atoms with van der Waals surface area (Å²) < 4.78 is 2.30. The predicted molar refractivity (Wildman–Crippen MR) is 145 cm³/mol. The van der Waals surface area contributed by atoms with Crippen LogP contribution in [-0.2, 0) is 0 Å². The fourth-order valence-electron chi connectivity index (χ4n) is 5.45. The topological polar surface area (TPSA) is 29.3 Å². The highest BCUT2D eigenvalue weighted by Gasteiger charge is 2.27. The van der Waals surface area contributed by atoms with Crippen LogP contribution in [0.3, 0.4) is 0 Å². The molecule has 0 saturated carbocycles. The van der Waals surface area contributed by atoms with Crippen LogP contribution in [0.1, 0.15) is 24.4 Å². The van der Waals surface area contributed by atoms with Gasteiger partial charge in [-0.25, -0.2) is 4.99 Å². The zero-order chi connectivity index (χ0) is 23.2. The third-order valence-electron chi connectivity index (χ3n) is 7.12. The van der Waals surface area contributed by atoms with Gasteiger partial charge in [0.05, 0.1) is 11.0 Å². The highest BCUT2D eigenvalue weighted by molar-refractivity contribution is 6.15. The van der Waals surface area contributed by atoms with E-state index in [0.717, 1.165) is 18.8 Å². The van der Waals surface area contributed by atoms with Gasteiger partial charge in [0.15, 0.2) is 0 Å². The van der Waals surface area contributed by atoms with Crippen molar-refractivity contribution in [2.45, 2.75) is 18.9 Å². The Bertz CT molecular complexity index is 1650. The molecule has 1 atom stereocenters. The van der Waals surface area contributed by atoms with Crippen molar-refractivity contribution in [3.8, 4) is 11.1 Å². The predicted octanol–water partition coefficient (Wildman–Crippen LogP) is 7.61. The highest BCUT2D eigenvalue weighted by atomic mass is 15.2. The molecule has 0 fully saturated rings. The van der Waals surface area contributed by atoms with Gasteiger partial charge in [0.25, 0.3) is 0 Å². The largest absolute Gasteiger partial charge is 0.329 e. The van der Waals surface area contributed by atoms with Gasteiger partial charge in [-0.05, 0) is 47.7 Å². The summed E-state index contributed by atoms with van der Waals surface area (Å²) in [5.41, 5.74) is 8.56. The molecule has 3 heteroatoms. The monoisotopic (exact) mass is 451 g/mol. The lowest BCUT2D eigenvalue weighted by Crippen LogP contribution is -2.35. The first-order valence-corrected chi connectivity index (χ1v) is 12.3. The maximum absolute atomic E-state index is 5.32. The van der Waals surface area contributed by atoms with Crippen molar-refractivity contribution in [1.29, 1.82) is 0 Å². The molecule has 35 heavy (non-hydrogen) atoms. The number of nitrogens with zero attached hydrogens (tertiary/aromatic N) is 2. The van der Waals surface area contributed by atoms with Gasteiger partial charge >= 0.3 is 0 Å². The molecule has 1 aliphatic carbocycles. The highest BCUT2D eigenvalue weighted by Crippen LogP contribution is 2.37. The van der Waals surface area contributed by atoms with E-state index < -0.39 is 0 Å². The summed E-state index contributed by atoms with van der Waals surface area (Å²) in [5.74, 6) is 0.895. The van der Waals surface area contributed by atoms with Crippen molar-refractivity contribution in [1.82, 2.24) is 9.88 Å². The van der Waals surface area contributed by atoms with Gasteiger partial charge in [0.1, 0.15) is 6.04 Å². The Kier molecular flexibility index (Phi) is 4.66. The van der Waals surface area contributed by atoms with E-state index in [2.05, 4.69) is 125 Å². The summed E-state index contributed by atoms with van der Waals surface area (Å²) in [6.45, 7) is 0. The van der Waals surface area contributed by atoms with Crippen LogP contribution < -0.4 is 5.32 Å². The second-order valence-electron chi connectivity index (χ2n) is 9.22. The Hall–Kier alpha value is -4.37. The molecule has 1 aliphatic heterocycles. The van der Waals surface area contributed by atoms with E-state index in [0.29, 0.717) is 0 Å². The number of hydrogen-bond acceptors (Lipinski definition) is 2. The van der Waals surface area contributed by atoms with Gasteiger partial charge in [0, 0.05) is 22.0 Å². The molecule has 1 unspecified atom stereocenters. The van der Waals surface area contributed by atoms with E-state index in [4.69, 9.17) is 4.99 Å². The van der Waals surface area contributed by atoms with Crippen molar-refractivity contribution in [2.75, 3.05) is 0 Å². The van der Waals surface area contributed by atoms with Gasteiger partial charge in [-0.3, -0.25) is 4.57 Å². The minimum atomic E-state index is -0.0150. The van der Waals surface area contributed by atoms with Crippen molar-refractivity contribution in [2.24, 2.45) is 4.99 Å². The third kappa shape index (κ3) is 3.31. The Labute approximate surface area is 204 Å². The molecule has 5 aromatic rings.